The fourth-order valence-corrected chi connectivity index (χ4v) is 3.77. The number of non-ortho nitro benzene ring substituents is 1. The predicted octanol–water partition coefficient (Wildman–Crippen LogP) is 2.26. The highest BCUT2D eigenvalue weighted by atomic mass is 32.2. The van der Waals surface area contributed by atoms with E-state index in [-0.39, 0.29) is 24.2 Å². The van der Waals surface area contributed by atoms with E-state index >= 15 is 0 Å². The molecule has 1 amide bonds. The Bertz CT molecular complexity index is 716. The lowest BCUT2D eigenvalue weighted by Gasteiger charge is -2.38. The minimum Gasteiger partial charge on any atom is -0.459 e. The molecular weight excluding hydrogens is 332 g/mol. The lowest BCUT2D eigenvalue weighted by molar-refractivity contribution is -0.384. The maximum atomic E-state index is 12.4. The number of rotatable bonds is 6. The summed E-state index contributed by atoms with van der Waals surface area (Å²) in [6.45, 7) is 2.01. The number of ether oxygens (including phenoxy) is 1. The number of carbonyl (C=O) groups excluding carboxylic acids is 2. The summed E-state index contributed by atoms with van der Waals surface area (Å²) in [5.74, 6) is 0.309. The van der Waals surface area contributed by atoms with Crippen molar-refractivity contribution in [2.45, 2.75) is 32.0 Å². The second kappa shape index (κ2) is 6.64. The van der Waals surface area contributed by atoms with Gasteiger partial charge in [0.1, 0.15) is 6.61 Å². The van der Waals surface area contributed by atoms with Gasteiger partial charge in [0.2, 0.25) is 5.91 Å². The first-order valence-electron chi connectivity index (χ1n) is 7.57. The van der Waals surface area contributed by atoms with E-state index in [1.165, 1.54) is 12.1 Å². The highest BCUT2D eigenvalue weighted by Crippen LogP contribution is 2.39. The Labute approximate surface area is 142 Å². The third kappa shape index (κ3) is 3.01. The van der Waals surface area contributed by atoms with Crippen LogP contribution in [-0.2, 0) is 20.9 Å². The summed E-state index contributed by atoms with van der Waals surface area (Å²) < 4.78 is 5.33. The molecule has 1 unspecified atom stereocenters. The number of nitro groups is 1. The molecule has 0 N–H and O–H groups in total. The summed E-state index contributed by atoms with van der Waals surface area (Å²) in [4.78, 5) is 36.8. The first-order chi connectivity index (χ1) is 11.5. The van der Waals surface area contributed by atoms with Crippen LogP contribution in [0.15, 0.2) is 35.2 Å². The SMILES string of the molecule is CCSC1=CC2CC(=O)N2[C@H]1C(=O)OCc1ccc([N+](=O)[O-])cc1. The molecule has 8 heteroatoms. The summed E-state index contributed by atoms with van der Waals surface area (Å²) >= 11 is 1.54. The van der Waals surface area contributed by atoms with E-state index in [4.69, 9.17) is 4.74 Å². The van der Waals surface area contributed by atoms with Crippen LogP contribution in [0.2, 0.25) is 0 Å². The normalized spacial score (nSPS) is 21.8. The largest absolute Gasteiger partial charge is 0.459 e. The number of nitrogens with zero attached hydrogens (tertiary/aromatic N) is 2. The summed E-state index contributed by atoms with van der Waals surface area (Å²) in [5, 5.41) is 10.6. The van der Waals surface area contributed by atoms with Gasteiger partial charge in [0.05, 0.1) is 17.4 Å². The Balaban J connectivity index is 1.64. The fourth-order valence-electron chi connectivity index (χ4n) is 2.82. The number of fused-ring (bicyclic) bond motifs is 1. The van der Waals surface area contributed by atoms with Crippen LogP contribution < -0.4 is 0 Å². The van der Waals surface area contributed by atoms with Crippen molar-refractivity contribution >= 4 is 29.3 Å². The van der Waals surface area contributed by atoms with Gasteiger partial charge < -0.3 is 9.64 Å². The molecule has 0 bridgehead atoms. The summed E-state index contributed by atoms with van der Waals surface area (Å²) in [7, 11) is 0. The van der Waals surface area contributed by atoms with Crippen LogP contribution in [0.5, 0.6) is 0 Å². The molecule has 2 atom stereocenters. The Kier molecular flexibility index (Phi) is 4.57. The van der Waals surface area contributed by atoms with Gasteiger partial charge in [-0.15, -0.1) is 11.8 Å². The van der Waals surface area contributed by atoms with Gasteiger partial charge in [-0.05, 0) is 29.5 Å². The summed E-state index contributed by atoms with van der Waals surface area (Å²) in [6, 6.07) is 5.19. The Morgan fingerprint density at radius 2 is 2.12 bits per heavy atom. The number of amides is 1. The molecule has 0 aromatic heterocycles. The van der Waals surface area contributed by atoms with Crippen LogP contribution in [0.1, 0.15) is 18.9 Å². The molecular formula is C16H16N2O5S. The number of esters is 1. The maximum Gasteiger partial charge on any atom is 0.334 e. The number of thioether (sulfide) groups is 1. The zero-order valence-corrected chi connectivity index (χ0v) is 13.8. The summed E-state index contributed by atoms with van der Waals surface area (Å²) in [6.07, 6.45) is 2.41. The van der Waals surface area contributed by atoms with E-state index in [1.807, 2.05) is 13.0 Å². The zero-order chi connectivity index (χ0) is 17.3. The molecule has 126 valence electrons. The number of β-lactam (4-membered cyclic amide) rings is 1. The fraction of sp³-hybridized carbons (Fsp3) is 0.375. The third-order valence-corrected chi connectivity index (χ3v) is 4.98. The average molecular weight is 348 g/mol. The van der Waals surface area contributed by atoms with Gasteiger partial charge in [0.15, 0.2) is 6.04 Å². The van der Waals surface area contributed by atoms with Crippen LogP contribution >= 0.6 is 11.8 Å². The van der Waals surface area contributed by atoms with Gasteiger partial charge in [0.25, 0.3) is 5.69 Å². The van der Waals surface area contributed by atoms with Crippen molar-refractivity contribution < 1.29 is 19.2 Å². The standard InChI is InChI=1S/C16H16N2O5S/c1-2-24-13-7-12-8-14(19)17(12)15(13)16(20)23-9-10-3-5-11(6-4-10)18(21)22/h3-7,12,15H,2,8-9H2,1H3/t12?,15-/m1/s1. The van der Waals surface area contributed by atoms with E-state index in [1.54, 1.807) is 28.8 Å². The van der Waals surface area contributed by atoms with E-state index < -0.39 is 16.9 Å². The molecule has 24 heavy (non-hydrogen) atoms. The second-order valence-electron chi connectivity index (χ2n) is 5.51. The first-order valence-corrected chi connectivity index (χ1v) is 8.55. The van der Waals surface area contributed by atoms with Crippen molar-refractivity contribution in [2.24, 2.45) is 0 Å². The van der Waals surface area contributed by atoms with Crippen LogP contribution in [0.4, 0.5) is 5.69 Å². The van der Waals surface area contributed by atoms with Crippen LogP contribution in [0.3, 0.4) is 0 Å². The van der Waals surface area contributed by atoms with Gasteiger partial charge in [-0.2, -0.15) is 0 Å². The monoisotopic (exact) mass is 348 g/mol. The zero-order valence-electron chi connectivity index (χ0n) is 13.0. The molecule has 1 fully saturated rings. The number of hydrogen-bond acceptors (Lipinski definition) is 6. The van der Waals surface area contributed by atoms with Crippen LogP contribution in [0.25, 0.3) is 0 Å². The van der Waals surface area contributed by atoms with Crippen molar-refractivity contribution in [2.75, 3.05) is 5.75 Å². The van der Waals surface area contributed by atoms with Crippen LogP contribution in [0, 0.1) is 10.1 Å². The Morgan fingerprint density at radius 1 is 1.42 bits per heavy atom. The number of hydrogen-bond donors (Lipinski definition) is 0. The van der Waals surface area contributed by atoms with Gasteiger partial charge in [-0.1, -0.05) is 6.92 Å². The van der Waals surface area contributed by atoms with Gasteiger partial charge in [-0.3, -0.25) is 14.9 Å². The van der Waals surface area contributed by atoms with Gasteiger partial charge in [0, 0.05) is 17.0 Å². The minimum absolute atomic E-state index is 0.00322. The number of carbonyl (C=O) groups is 2. The molecule has 1 aromatic rings. The minimum atomic E-state index is -0.653. The van der Waals surface area contributed by atoms with Crippen molar-refractivity contribution in [3.05, 3.63) is 50.9 Å². The van der Waals surface area contributed by atoms with Gasteiger partial charge in [-0.25, -0.2) is 4.79 Å². The Hall–Kier alpha value is -2.35. The summed E-state index contributed by atoms with van der Waals surface area (Å²) in [5.41, 5.74) is 0.645. The van der Waals surface area contributed by atoms with Crippen molar-refractivity contribution in [1.82, 2.24) is 4.90 Å². The lowest BCUT2D eigenvalue weighted by Crippen LogP contribution is -2.55. The molecule has 2 aliphatic rings. The molecule has 2 aliphatic heterocycles. The number of benzene rings is 1. The van der Waals surface area contributed by atoms with Crippen molar-refractivity contribution in [3.63, 3.8) is 0 Å². The quantitative estimate of drug-likeness (QED) is 0.339. The molecule has 0 spiro atoms. The topological polar surface area (TPSA) is 89.8 Å². The highest BCUT2D eigenvalue weighted by molar-refractivity contribution is 8.03. The molecule has 3 rings (SSSR count). The van der Waals surface area contributed by atoms with Crippen molar-refractivity contribution in [3.8, 4) is 0 Å². The third-order valence-electron chi connectivity index (χ3n) is 4.00. The van der Waals surface area contributed by atoms with E-state index in [9.17, 15) is 19.7 Å². The maximum absolute atomic E-state index is 12.4. The first kappa shape index (κ1) is 16.5. The average Bonchev–Trinajstić information content (AvgIpc) is 2.85. The van der Waals surface area contributed by atoms with E-state index in [0.29, 0.717) is 12.0 Å². The molecule has 2 heterocycles. The Morgan fingerprint density at radius 3 is 2.71 bits per heavy atom. The lowest BCUT2D eigenvalue weighted by atomic mass is 10.0. The molecule has 0 aliphatic carbocycles. The smallest absolute Gasteiger partial charge is 0.334 e. The second-order valence-corrected chi connectivity index (χ2v) is 6.85. The van der Waals surface area contributed by atoms with Gasteiger partial charge >= 0.3 is 5.97 Å². The van der Waals surface area contributed by atoms with Crippen LogP contribution in [-0.4, -0.2) is 39.5 Å². The number of nitro benzene ring substituents is 1. The molecule has 0 radical (unpaired) electrons. The molecule has 0 saturated carbocycles. The molecule has 1 saturated heterocycles. The van der Waals surface area contributed by atoms with E-state index in [0.717, 1.165) is 10.7 Å². The van der Waals surface area contributed by atoms with Crippen molar-refractivity contribution in [1.29, 1.82) is 0 Å². The molecule has 1 aromatic carbocycles. The highest BCUT2D eigenvalue weighted by Gasteiger charge is 2.49. The predicted molar refractivity (Wildman–Crippen MR) is 88.1 cm³/mol. The van der Waals surface area contributed by atoms with E-state index in [2.05, 4.69) is 0 Å². The molecule has 7 nitrogen and oxygen atoms in total.